The van der Waals surface area contributed by atoms with Gasteiger partial charge in [-0.05, 0) is 37.4 Å². The van der Waals surface area contributed by atoms with Gasteiger partial charge in [0.2, 0.25) is 5.91 Å². The van der Waals surface area contributed by atoms with Crippen molar-refractivity contribution in [3.05, 3.63) is 35.4 Å². The van der Waals surface area contributed by atoms with Crippen LogP contribution in [0.5, 0.6) is 0 Å². The lowest BCUT2D eigenvalue weighted by molar-refractivity contribution is -0.138. The third-order valence-corrected chi connectivity index (χ3v) is 4.76. The number of alkyl halides is 3. The Balaban J connectivity index is 1.63. The van der Waals surface area contributed by atoms with Crippen molar-refractivity contribution in [2.24, 2.45) is 5.92 Å². The molecule has 0 aromatic heterocycles. The molecule has 2 heterocycles. The molecule has 0 radical (unpaired) electrons. The van der Waals surface area contributed by atoms with E-state index in [9.17, 15) is 18.0 Å². The molecule has 0 saturated carbocycles. The maximum Gasteiger partial charge on any atom is 0.416 e. The van der Waals surface area contributed by atoms with Crippen LogP contribution in [0.15, 0.2) is 24.3 Å². The van der Waals surface area contributed by atoms with E-state index < -0.39 is 11.7 Å². The van der Waals surface area contributed by atoms with Gasteiger partial charge in [-0.25, -0.2) is 0 Å². The first-order valence-electron chi connectivity index (χ1n) is 8.11. The molecular weight excluding hydrogens is 305 g/mol. The zero-order valence-electron chi connectivity index (χ0n) is 13.0. The Labute approximate surface area is 134 Å². The first-order chi connectivity index (χ1) is 10.9. The fourth-order valence-corrected chi connectivity index (χ4v) is 3.55. The topological polar surface area (TPSA) is 23.6 Å². The molecule has 1 unspecified atom stereocenters. The third kappa shape index (κ3) is 3.68. The van der Waals surface area contributed by atoms with Crippen LogP contribution in [-0.4, -0.2) is 41.9 Å². The Bertz CT molecular complexity index is 567. The smallest absolute Gasteiger partial charge is 0.342 e. The molecule has 1 atom stereocenters. The Morgan fingerprint density at radius 3 is 2.52 bits per heavy atom. The predicted octanol–water partition coefficient (Wildman–Crippen LogP) is 3.15. The van der Waals surface area contributed by atoms with E-state index in [-0.39, 0.29) is 23.9 Å². The molecule has 2 fully saturated rings. The van der Waals surface area contributed by atoms with Crippen molar-refractivity contribution in [1.29, 1.82) is 0 Å². The average Bonchev–Trinajstić information content (AvgIpc) is 3.17. The predicted molar refractivity (Wildman–Crippen MR) is 80.6 cm³/mol. The number of carbonyl (C=O) groups is 1. The summed E-state index contributed by atoms with van der Waals surface area (Å²) in [4.78, 5) is 16.3. The molecule has 1 aromatic carbocycles. The van der Waals surface area contributed by atoms with Crippen molar-refractivity contribution in [3.63, 3.8) is 0 Å². The van der Waals surface area contributed by atoms with E-state index in [0.29, 0.717) is 13.1 Å². The molecule has 1 amide bonds. The number of nitrogens with zero attached hydrogens (tertiary/aromatic N) is 2. The largest absolute Gasteiger partial charge is 0.416 e. The molecule has 0 bridgehead atoms. The van der Waals surface area contributed by atoms with Crippen LogP contribution in [0.4, 0.5) is 13.2 Å². The summed E-state index contributed by atoms with van der Waals surface area (Å²) in [5.74, 6) is 0.111. The summed E-state index contributed by atoms with van der Waals surface area (Å²) in [6.07, 6.45) is -1.48. The van der Waals surface area contributed by atoms with Gasteiger partial charge in [-0.2, -0.15) is 13.2 Å². The molecule has 126 valence electrons. The van der Waals surface area contributed by atoms with E-state index in [1.807, 2.05) is 9.80 Å². The maximum atomic E-state index is 13.1. The van der Waals surface area contributed by atoms with Gasteiger partial charge in [0.05, 0.1) is 11.5 Å². The van der Waals surface area contributed by atoms with Crippen LogP contribution in [0.3, 0.4) is 0 Å². The summed E-state index contributed by atoms with van der Waals surface area (Å²) in [5, 5.41) is 0. The van der Waals surface area contributed by atoms with E-state index in [1.165, 1.54) is 12.1 Å². The van der Waals surface area contributed by atoms with Crippen LogP contribution in [0.1, 0.15) is 30.4 Å². The van der Waals surface area contributed by atoms with E-state index >= 15 is 0 Å². The first-order valence-corrected chi connectivity index (χ1v) is 8.11. The summed E-state index contributed by atoms with van der Waals surface area (Å²) >= 11 is 0. The zero-order valence-corrected chi connectivity index (χ0v) is 13.0. The van der Waals surface area contributed by atoms with Gasteiger partial charge in [0.25, 0.3) is 0 Å². The Hall–Kier alpha value is -1.56. The fourth-order valence-electron chi connectivity index (χ4n) is 3.55. The van der Waals surface area contributed by atoms with Crippen LogP contribution < -0.4 is 0 Å². The monoisotopic (exact) mass is 326 g/mol. The molecule has 0 aliphatic carbocycles. The molecule has 3 rings (SSSR count). The number of halogens is 3. The summed E-state index contributed by atoms with van der Waals surface area (Å²) < 4.78 is 39.2. The Morgan fingerprint density at radius 1 is 1.13 bits per heavy atom. The lowest BCUT2D eigenvalue weighted by atomic mass is 10.1. The normalized spacial score (nSPS) is 22.7. The summed E-state index contributed by atoms with van der Waals surface area (Å²) in [6, 6.07) is 5.69. The number of rotatable bonds is 3. The van der Waals surface area contributed by atoms with Crippen LogP contribution in [0.2, 0.25) is 0 Å². The lowest BCUT2D eigenvalue weighted by Crippen LogP contribution is -2.35. The fraction of sp³-hybridized carbons (Fsp3) is 0.588. The number of likely N-dealkylation sites (tertiary alicyclic amines) is 2. The second-order valence-corrected chi connectivity index (χ2v) is 6.41. The third-order valence-electron chi connectivity index (χ3n) is 4.76. The highest BCUT2D eigenvalue weighted by Crippen LogP contribution is 2.33. The molecule has 6 heteroatoms. The molecule has 0 N–H and O–H groups in total. The lowest BCUT2D eigenvalue weighted by Gasteiger charge is -2.21. The van der Waals surface area contributed by atoms with Crippen molar-refractivity contribution in [3.8, 4) is 0 Å². The number of benzene rings is 1. The molecule has 0 spiro atoms. The highest BCUT2D eigenvalue weighted by Gasteiger charge is 2.35. The summed E-state index contributed by atoms with van der Waals surface area (Å²) in [5.41, 5.74) is -0.288. The van der Waals surface area contributed by atoms with Gasteiger partial charge in [0.15, 0.2) is 0 Å². The molecule has 23 heavy (non-hydrogen) atoms. The molecule has 2 aliphatic heterocycles. The van der Waals surface area contributed by atoms with Crippen LogP contribution in [-0.2, 0) is 17.5 Å². The first kappa shape index (κ1) is 16.3. The minimum Gasteiger partial charge on any atom is -0.342 e. The van der Waals surface area contributed by atoms with E-state index in [1.54, 1.807) is 6.07 Å². The minimum absolute atomic E-state index is 0.0638. The van der Waals surface area contributed by atoms with Crippen molar-refractivity contribution in [2.75, 3.05) is 26.2 Å². The van der Waals surface area contributed by atoms with Gasteiger partial charge in [0, 0.05) is 26.2 Å². The number of amides is 1. The molecular formula is C17H21F3N2O. The number of carbonyl (C=O) groups excluding carboxylic acids is 1. The van der Waals surface area contributed by atoms with Crippen molar-refractivity contribution in [2.45, 2.75) is 32.0 Å². The van der Waals surface area contributed by atoms with Crippen LogP contribution in [0.25, 0.3) is 0 Å². The second-order valence-electron chi connectivity index (χ2n) is 6.41. The molecule has 2 aliphatic rings. The van der Waals surface area contributed by atoms with Gasteiger partial charge < -0.3 is 4.90 Å². The standard InChI is InChI=1S/C17H21F3N2O/c18-17(19,20)15-6-2-1-5-13(15)11-21-10-7-14(12-21)16(23)22-8-3-4-9-22/h1-2,5-6,14H,3-4,7-12H2. The molecule has 3 nitrogen and oxygen atoms in total. The highest BCUT2D eigenvalue weighted by molar-refractivity contribution is 5.79. The van der Waals surface area contributed by atoms with E-state index in [4.69, 9.17) is 0 Å². The van der Waals surface area contributed by atoms with E-state index in [2.05, 4.69) is 0 Å². The average molecular weight is 326 g/mol. The van der Waals surface area contributed by atoms with E-state index in [0.717, 1.165) is 38.4 Å². The van der Waals surface area contributed by atoms with Crippen LogP contribution >= 0.6 is 0 Å². The number of hydrogen-bond donors (Lipinski definition) is 0. The quantitative estimate of drug-likeness (QED) is 0.852. The Morgan fingerprint density at radius 2 is 1.83 bits per heavy atom. The maximum absolute atomic E-state index is 13.1. The highest BCUT2D eigenvalue weighted by atomic mass is 19.4. The SMILES string of the molecule is O=C(C1CCN(Cc2ccccc2C(F)(F)F)C1)N1CCCC1. The zero-order chi connectivity index (χ0) is 16.4. The summed E-state index contributed by atoms with van der Waals surface area (Å²) in [7, 11) is 0. The van der Waals surface area contributed by atoms with Gasteiger partial charge in [-0.3, -0.25) is 9.69 Å². The van der Waals surface area contributed by atoms with Gasteiger partial charge >= 0.3 is 6.18 Å². The van der Waals surface area contributed by atoms with Gasteiger partial charge in [-0.1, -0.05) is 18.2 Å². The Kier molecular flexibility index (Phi) is 4.62. The minimum atomic E-state index is -4.33. The van der Waals surface area contributed by atoms with Gasteiger partial charge in [-0.15, -0.1) is 0 Å². The molecule has 2 saturated heterocycles. The van der Waals surface area contributed by atoms with Crippen molar-refractivity contribution < 1.29 is 18.0 Å². The van der Waals surface area contributed by atoms with Crippen LogP contribution in [0, 0.1) is 5.92 Å². The van der Waals surface area contributed by atoms with Gasteiger partial charge in [0.1, 0.15) is 0 Å². The summed E-state index contributed by atoms with van der Waals surface area (Å²) in [6.45, 7) is 3.13. The van der Waals surface area contributed by atoms with Crippen molar-refractivity contribution >= 4 is 5.91 Å². The van der Waals surface area contributed by atoms with Crippen molar-refractivity contribution in [1.82, 2.24) is 9.80 Å². The number of hydrogen-bond acceptors (Lipinski definition) is 2. The second kappa shape index (κ2) is 6.51. The molecule has 1 aromatic rings.